The first-order valence-electron chi connectivity index (χ1n) is 8.50. The van der Waals surface area contributed by atoms with Crippen LogP contribution >= 0.6 is 35.0 Å². The van der Waals surface area contributed by atoms with Crippen molar-refractivity contribution in [2.45, 2.75) is 18.2 Å². The normalized spacial score (nSPS) is 13.9. The maximum atomic E-state index is 11.6. The minimum atomic E-state index is -0.212. The molecule has 7 heteroatoms. The zero-order valence-electron chi connectivity index (χ0n) is 15.3. The first kappa shape index (κ1) is 20.7. The van der Waals surface area contributed by atoms with Crippen LogP contribution in [0.1, 0.15) is 24.5 Å². The van der Waals surface area contributed by atoms with Crippen molar-refractivity contribution in [1.29, 1.82) is 0 Å². The molecule has 2 aromatic carbocycles. The molecular weight excluding hydrogens is 415 g/mol. The molecule has 1 N–H and O–H groups in total. The van der Waals surface area contributed by atoms with E-state index in [-0.39, 0.29) is 12.3 Å². The van der Waals surface area contributed by atoms with Gasteiger partial charge in [-0.05, 0) is 31.2 Å². The number of rotatable bonds is 5. The topological polar surface area (TPSA) is 50.7 Å². The number of nitrogens with zero attached hydrogens (tertiary/aromatic N) is 1. The molecule has 28 heavy (non-hydrogen) atoms. The van der Waals surface area contributed by atoms with Crippen molar-refractivity contribution in [2.24, 2.45) is 4.99 Å². The summed E-state index contributed by atoms with van der Waals surface area (Å²) in [6, 6.07) is 13.6. The van der Waals surface area contributed by atoms with Crippen LogP contribution in [0.4, 0.5) is 0 Å². The molecule has 0 radical (unpaired) electrons. The number of allylic oxidation sites excluding steroid dienone is 2. The predicted octanol–water partition coefficient (Wildman–Crippen LogP) is 5.79. The summed E-state index contributed by atoms with van der Waals surface area (Å²) in [7, 11) is 1.41. The molecule has 0 atom stereocenters. The standard InChI is InChI=1S/C21H18Cl2N2O2S/c1-13-18(8-5-9-20(26)25-27-2)28-19-7-4-3-6-15(19)21(24-13)14-10-11-16(22)17(23)12-14/h3-8,10-12H,9H2,1-2H3,(H,25,26)/b8-5-. The van der Waals surface area contributed by atoms with Crippen LogP contribution in [0.15, 0.2) is 75.1 Å². The maximum absolute atomic E-state index is 11.6. The van der Waals surface area contributed by atoms with Crippen LogP contribution in [0.25, 0.3) is 0 Å². The number of fused-ring (bicyclic) bond motifs is 1. The number of hydroxylamine groups is 1. The second-order valence-electron chi connectivity index (χ2n) is 5.97. The Morgan fingerprint density at radius 3 is 2.75 bits per heavy atom. The first-order valence-corrected chi connectivity index (χ1v) is 10.1. The summed E-state index contributed by atoms with van der Waals surface area (Å²) < 4.78 is 0. The van der Waals surface area contributed by atoms with E-state index in [4.69, 9.17) is 28.2 Å². The molecule has 1 heterocycles. The Hall–Kier alpha value is -2.05. The van der Waals surface area contributed by atoms with Crippen molar-refractivity contribution >= 4 is 46.6 Å². The number of hydrogen-bond donors (Lipinski definition) is 1. The van der Waals surface area contributed by atoms with Crippen LogP contribution in [-0.4, -0.2) is 18.7 Å². The van der Waals surface area contributed by atoms with Crippen molar-refractivity contribution in [3.63, 3.8) is 0 Å². The third kappa shape index (κ3) is 4.86. The number of amides is 1. The molecule has 1 aliphatic rings. The zero-order valence-corrected chi connectivity index (χ0v) is 17.7. The molecule has 0 unspecified atom stereocenters. The van der Waals surface area contributed by atoms with E-state index >= 15 is 0 Å². The number of thioether (sulfide) groups is 1. The predicted molar refractivity (Wildman–Crippen MR) is 116 cm³/mol. The second-order valence-corrected chi connectivity index (χ2v) is 7.87. The average molecular weight is 433 g/mol. The van der Waals surface area contributed by atoms with Gasteiger partial charge in [-0.2, -0.15) is 0 Å². The highest BCUT2D eigenvalue weighted by Crippen LogP contribution is 2.37. The first-order chi connectivity index (χ1) is 13.5. The van der Waals surface area contributed by atoms with Gasteiger partial charge in [0.1, 0.15) is 0 Å². The summed E-state index contributed by atoms with van der Waals surface area (Å²) in [4.78, 5) is 23.1. The second kappa shape index (κ2) is 9.43. The van der Waals surface area contributed by atoms with Gasteiger partial charge in [0.25, 0.3) is 0 Å². The molecule has 0 spiro atoms. The lowest BCUT2D eigenvalue weighted by Gasteiger charge is -2.10. The Morgan fingerprint density at radius 1 is 1.21 bits per heavy atom. The Morgan fingerprint density at radius 2 is 2.00 bits per heavy atom. The fourth-order valence-corrected chi connectivity index (χ4v) is 3.99. The van der Waals surface area contributed by atoms with Gasteiger partial charge < -0.3 is 0 Å². The van der Waals surface area contributed by atoms with Crippen molar-refractivity contribution < 1.29 is 9.63 Å². The molecular formula is C21H18Cl2N2O2S. The van der Waals surface area contributed by atoms with Crippen molar-refractivity contribution in [3.8, 4) is 0 Å². The zero-order chi connectivity index (χ0) is 20.1. The number of aliphatic imine (C=N–C) groups is 1. The highest BCUT2D eigenvalue weighted by molar-refractivity contribution is 8.03. The summed E-state index contributed by atoms with van der Waals surface area (Å²) >= 11 is 13.9. The van der Waals surface area contributed by atoms with Gasteiger partial charge >= 0.3 is 0 Å². The lowest BCUT2D eigenvalue weighted by atomic mass is 10.0. The number of carbonyl (C=O) groups excluding carboxylic acids is 1. The van der Waals surface area contributed by atoms with Gasteiger partial charge in [-0.1, -0.05) is 65.3 Å². The van der Waals surface area contributed by atoms with Gasteiger partial charge in [0.2, 0.25) is 5.91 Å². The third-order valence-electron chi connectivity index (χ3n) is 3.98. The number of carbonyl (C=O) groups is 1. The minimum Gasteiger partial charge on any atom is -0.277 e. The van der Waals surface area contributed by atoms with E-state index in [0.717, 1.165) is 32.3 Å². The van der Waals surface area contributed by atoms with Crippen LogP contribution < -0.4 is 5.48 Å². The number of benzene rings is 2. The number of nitrogens with one attached hydrogen (secondary N) is 1. The Balaban J connectivity index is 2.01. The maximum Gasteiger partial charge on any atom is 0.247 e. The number of halogens is 2. The van der Waals surface area contributed by atoms with Gasteiger partial charge in [-0.15, -0.1) is 0 Å². The molecule has 1 aliphatic heterocycles. The molecule has 0 fully saturated rings. The molecule has 0 aromatic heterocycles. The minimum absolute atomic E-state index is 0.212. The fraction of sp³-hybridized carbons (Fsp3) is 0.143. The van der Waals surface area contributed by atoms with Gasteiger partial charge in [-0.25, -0.2) is 5.48 Å². The molecule has 0 saturated heterocycles. The lowest BCUT2D eigenvalue weighted by Crippen LogP contribution is -2.20. The highest BCUT2D eigenvalue weighted by Gasteiger charge is 2.18. The van der Waals surface area contributed by atoms with E-state index in [2.05, 4.69) is 16.4 Å². The van der Waals surface area contributed by atoms with Gasteiger partial charge in [0, 0.05) is 27.3 Å². The summed E-state index contributed by atoms with van der Waals surface area (Å²) in [5.41, 5.74) is 5.90. The van der Waals surface area contributed by atoms with Crippen molar-refractivity contribution in [2.75, 3.05) is 7.11 Å². The number of hydrogen-bond acceptors (Lipinski definition) is 4. The van der Waals surface area contributed by atoms with Crippen LogP contribution in [0.5, 0.6) is 0 Å². The fourth-order valence-electron chi connectivity index (χ4n) is 2.67. The third-order valence-corrected chi connectivity index (χ3v) is 5.95. The van der Waals surface area contributed by atoms with E-state index in [1.165, 1.54) is 7.11 Å². The van der Waals surface area contributed by atoms with E-state index in [0.29, 0.717) is 10.0 Å². The van der Waals surface area contributed by atoms with E-state index in [1.807, 2.05) is 43.3 Å². The quantitative estimate of drug-likeness (QED) is 0.607. The summed E-state index contributed by atoms with van der Waals surface area (Å²) in [6.45, 7) is 1.95. The lowest BCUT2D eigenvalue weighted by molar-refractivity contribution is -0.130. The van der Waals surface area contributed by atoms with E-state index in [9.17, 15) is 4.79 Å². The largest absolute Gasteiger partial charge is 0.277 e. The molecule has 1 amide bonds. The Labute approximate surface area is 178 Å². The molecule has 0 bridgehead atoms. The molecule has 144 valence electrons. The van der Waals surface area contributed by atoms with E-state index in [1.54, 1.807) is 23.9 Å². The molecule has 4 nitrogen and oxygen atoms in total. The Kier molecular flexibility index (Phi) is 6.97. The van der Waals surface area contributed by atoms with Gasteiger partial charge in [0.15, 0.2) is 0 Å². The molecule has 0 aliphatic carbocycles. The van der Waals surface area contributed by atoms with Gasteiger partial charge in [-0.3, -0.25) is 14.6 Å². The average Bonchev–Trinajstić information content (AvgIpc) is 2.81. The van der Waals surface area contributed by atoms with Crippen LogP contribution in [-0.2, 0) is 9.63 Å². The van der Waals surface area contributed by atoms with Crippen molar-refractivity contribution in [1.82, 2.24) is 5.48 Å². The van der Waals surface area contributed by atoms with Crippen LogP contribution in [0, 0.1) is 0 Å². The van der Waals surface area contributed by atoms with E-state index < -0.39 is 0 Å². The monoisotopic (exact) mass is 432 g/mol. The summed E-state index contributed by atoms with van der Waals surface area (Å²) in [6.07, 6.45) is 3.92. The van der Waals surface area contributed by atoms with Crippen LogP contribution in [0.3, 0.4) is 0 Å². The smallest absolute Gasteiger partial charge is 0.247 e. The molecule has 3 rings (SSSR count). The Bertz CT molecular complexity index is 1000. The SMILES string of the molecule is CONC(=O)C/C=C\C1=C(C)N=C(c2ccc(Cl)c(Cl)c2)c2ccccc2S1. The van der Waals surface area contributed by atoms with Crippen molar-refractivity contribution in [3.05, 3.63) is 86.4 Å². The summed E-state index contributed by atoms with van der Waals surface area (Å²) in [5, 5.41) is 0.995. The molecule has 0 saturated carbocycles. The van der Waals surface area contributed by atoms with Gasteiger partial charge in [0.05, 0.1) is 28.6 Å². The van der Waals surface area contributed by atoms with Crippen LogP contribution in [0.2, 0.25) is 10.0 Å². The molecule has 2 aromatic rings. The summed E-state index contributed by atoms with van der Waals surface area (Å²) in [5.74, 6) is -0.212. The highest BCUT2D eigenvalue weighted by atomic mass is 35.5.